The Labute approximate surface area is 226 Å². The lowest BCUT2D eigenvalue weighted by Crippen LogP contribution is -2.26. The summed E-state index contributed by atoms with van der Waals surface area (Å²) in [6, 6.07) is 22.9. The van der Waals surface area contributed by atoms with Gasteiger partial charge in [0.25, 0.3) is 5.91 Å². The summed E-state index contributed by atoms with van der Waals surface area (Å²) in [7, 11) is 0. The zero-order valence-corrected chi connectivity index (χ0v) is 22.2. The van der Waals surface area contributed by atoms with Gasteiger partial charge in [-0.3, -0.25) is 4.79 Å². The van der Waals surface area contributed by atoms with Gasteiger partial charge in [0.15, 0.2) is 5.69 Å². The number of nitrogens with one attached hydrogen (secondary N) is 2. The zero-order valence-electron chi connectivity index (χ0n) is 19.9. The molecule has 1 aromatic heterocycles. The number of nitrogens with zero attached hydrogens (tertiary/aromatic N) is 2. The average molecular weight is 542 g/mol. The van der Waals surface area contributed by atoms with Crippen molar-refractivity contribution in [3.8, 4) is 16.9 Å². The largest absolute Gasteiger partial charge is 0.351 e. The normalized spacial score (nSPS) is 11.0. The quantitative estimate of drug-likeness (QED) is 0.210. The summed E-state index contributed by atoms with van der Waals surface area (Å²) >= 11 is 18.7. The van der Waals surface area contributed by atoms with Gasteiger partial charge in [-0.2, -0.15) is 5.10 Å². The van der Waals surface area contributed by atoms with Crippen LogP contribution in [0.3, 0.4) is 0 Å². The second-order valence-corrected chi connectivity index (χ2v) is 9.74. The summed E-state index contributed by atoms with van der Waals surface area (Å²) in [5.74, 6) is -0.219. The van der Waals surface area contributed by atoms with E-state index in [2.05, 4.69) is 27.9 Å². The minimum absolute atomic E-state index is 0.219. The Morgan fingerprint density at radius 3 is 2.31 bits per heavy atom. The fourth-order valence-corrected chi connectivity index (χ4v) is 4.59. The molecule has 0 fully saturated rings. The van der Waals surface area contributed by atoms with Crippen molar-refractivity contribution in [3.05, 3.63) is 105 Å². The van der Waals surface area contributed by atoms with Gasteiger partial charge in [0.1, 0.15) is 0 Å². The molecule has 36 heavy (non-hydrogen) atoms. The molecule has 0 atom stereocenters. The fourth-order valence-electron chi connectivity index (χ4n) is 3.97. The van der Waals surface area contributed by atoms with Crippen LogP contribution in [0.2, 0.25) is 15.1 Å². The molecule has 0 bridgehead atoms. The highest BCUT2D eigenvalue weighted by molar-refractivity contribution is 6.35. The first-order valence-corrected chi connectivity index (χ1v) is 12.9. The summed E-state index contributed by atoms with van der Waals surface area (Å²) in [4.78, 5) is 13.1. The van der Waals surface area contributed by atoms with Gasteiger partial charge in [-0.05, 0) is 62.2 Å². The molecule has 5 nitrogen and oxygen atoms in total. The molecular weight excluding hydrogens is 515 g/mol. The van der Waals surface area contributed by atoms with E-state index >= 15 is 0 Å². The molecule has 1 amide bonds. The lowest BCUT2D eigenvalue weighted by molar-refractivity contribution is 0.0947. The van der Waals surface area contributed by atoms with Crippen LogP contribution in [0.15, 0.2) is 72.8 Å². The number of hydrogen-bond donors (Lipinski definition) is 2. The monoisotopic (exact) mass is 540 g/mol. The van der Waals surface area contributed by atoms with Gasteiger partial charge in [0.2, 0.25) is 0 Å². The van der Waals surface area contributed by atoms with Crippen molar-refractivity contribution in [2.75, 3.05) is 13.1 Å². The lowest BCUT2D eigenvalue weighted by atomic mass is 10.1. The molecule has 2 N–H and O–H groups in total. The Morgan fingerprint density at radius 1 is 0.889 bits per heavy atom. The summed E-state index contributed by atoms with van der Waals surface area (Å²) in [6.45, 7) is 4.18. The Kier molecular flexibility index (Phi) is 9.05. The van der Waals surface area contributed by atoms with Gasteiger partial charge in [0.05, 0.1) is 16.4 Å². The number of rotatable bonds is 10. The lowest BCUT2D eigenvalue weighted by Gasteiger charge is -2.11. The zero-order chi connectivity index (χ0) is 25.5. The number of carbonyl (C=O) groups is 1. The maximum atomic E-state index is 13.1. The number of carbonyl (C=O) groups excluding carboxylic acids is 1. The number of hydrogen-bond acceptors (Lipinski definition) is 3. The van der Waals surface area contributed by atoms with Crippen LogP contribution in [0, 0.1) is 6.92 Å². The van der Waals surface area contributed by atoms with E-state index in [1.807, 2.05) is 49.4 Å². The highest BCUT2D eigenvalue weighted by Gasteiger charge is 2.23. The third-order valence-corrected chi connectivity index (χ3v) is 6.62. The van der Waals surface area contributed by atoms with Crippen molar-refractivity contribution in [1.82, 2.24) is 20.4 Å². The molecule has 1 heterocycles. The Morgan fingerprint density at radius 2 is 1.58 bits per heavy atom. The molecule has 0 unspecified atom stereocenters. The summed E-state index contributed by atoms with van der Waals surface area (Å²) in [6.07, 6.45) is 1.82. The topological polar surface area (TPSA) is 59.0 Å². The van der Waals surface area contributed by atoms with Crippen molar-refractivity contribution >= 4 is 40.7 Å². The first-order valence-electron chi connectivity index (χ1n) is 11.8. The van der Waals surface area contributed by atoms with E-state index in [-0.39, 0.29) is 5.91 Å². The van der Waals surface area contributed by atoms with Crippen molar-refractivity contribution in [3.63, 3.8) is 0 Å². The molecule has 0 radical (unpaired) electrons. The van der Waals surface area contributed by atoms with Crippen LogP contribution in [0.4, 0.5) is 0 Å². The molecule has 0 spiro atoms. The highest BCUT2D eigenvalue weighted by Crippen LogP contribution is 2.33. The van der Waals surface area contributed by atoms with Gasteiger partial charge >= 0.3 is 0 Å². The molecule has 0 aliphatic carbocycles. The van der Waals surface area contributed by atoms with Crippen LogP contribution >= 0.6 is 34.8 Å². The van der Waals surface area contributed by atoms with Crippen molar-refractivity contribution in [1.29, 1.82) is 0 Å². The van der Waals surface area contributed by atoms with Crippen LogP contribution in [0.5, 0.6) is 0 Å². The first kappa shape index (κ1) is 26.2. The molecule has 3 aromatic carbocycles. The number of halogens is 3. The summed E-state index contributed by atoms with van der Waals surface area (Å²) < 4.78 is 1.69. The maximum absolute atomic E-state index is 13.1. The van der Waals surface area contributed by atoms with Crippen molar-refractivity contribution in [2.45, 2.75) is 26.3 Å². The third-order valence-electron chi connectivity index (χ3n) is 5.83. The molecular formula is C28H27Cl3N4O. The predicted octanol–water partition coefficient (Wildman–Crippen LogP) is 7.11. The molecule has 0 saturated heterocycles. The molecule has 8 heteroatoms. The van der Waals surface area contributed by atoms with Gasteiger partial charge in [-0.1, -0.05) is 77.3 Å². The minimum atomic E-state index is -0.219. The van der Waals surface area contributed by atoms with Gasteiger partial charge in [0, 0.05) is 34.3 Å². The van der Waals surface area contributed by atoms with Crippen LogP contribution in [-0.2, 0) is 6.54 Å². The fraction of sp³-hybridized carbons (Fsp3) is 0.214. The molecule has 0 aliphatic heterocycles. The summed E-state index contributed by atoms with van der Waals surface area (Å²) in [5, 5.41) is 12.7. The smallest absolute Gasteiger partial charge is 0.272 e. The van der Waals surface area contributed by atoms with E-state index in [1.54, 1.807) is 22.9 Å². The molecule has 186 valence electrons. The minimum Gasteiger partial charge on any atom is -0.351 e. The van der Waals surface area contributed by atoms with E-state index in [0.717, 1.165) is 42.8 Å². The van der Waals surface area contributed by atoms with Crippen LogP contribution in [0.25, 0.3) is 16.9 Å². The maximum Gasteiger partial charge on any atom is 0.272 e. The highest BCUT2D eigenvalue weighted by atomic mass is 35.5. The number of benzene rings is 3. The standard InChI is InChI=1S/C28H27Cl3N4O/c1-19-26(28(36)33-16-6-5-15-32-18-20-7-3-2-4-8-20)34-35(25-14-13-23(30)17-24(25)31)27(19)21-9-11-22(29)12-10-21/h2-4,7-14,17,32H,5-6,15-16,18H2,1H3,(H,33,36). The number of amides is 1. The number of unbranched alkanes of at least 4 members (excludes halogenated alkanes) is 1. The molecule has 4 rings (SSSR count). The van der Waals surface area contributed by atoms with E-state index in [1.165, 1.54) is 5.56 Å². The predicted molar refractivity (Wildman–Crippen MR) is 148 cm³/mol. The third kappa shape index (κ3) is 6.48. The van der Waals surface area contributed by atoms with E-state index in [4.69, 9.17) is 34.8 Å². The van der Waals surface area contributed by atoms with E-state index in [0.29, 0.717) is 33.0 Å². The summed E-state index contributed by atoms with van der Waals surface area (Å²) in [5.41, 5.74) is 4.65. The van der Waals surface area contributed by atoms with Crippen LogP contribution < -0.4 is 10.6 Å². The Hall–Kier alpha value is -2.83. The number of aromatic nitrogens is 2. The van der Waals surface area contributed by atoms with Gasteiger partial charge in [-0.25, -0.2) is 4.68 Å². The Bertz CT molecular complexity index is 1320. The molecule has 4 aromatic rings. The van der Waals surface area contributed by atoms with Gasteiger partial charge in [-0.15, -0.1) is 0 Å². The second-order valence-electron chi connectivity index (χ2n) is 8.46. The van der Waals surface area contributed by atoms with E-state index < -0.39 is 0 Å². The first-order chi connectivity index (χ1) is 17.4. The van der Waals surface area contributed by atoms with Crippen molar-refractivity contribution in [2.24, 2.45) is 0 Å². The SMILES string of the molecule is Cc1c(C(=O)NCCCCNCc2ccccc2)nn(-c2ccc(Cl)cc2Cl)c1-c1ccc(Cl)cc1. The molecule has 0 aliphatic rings. The van der Waals surface area contributed by atoms with E-state index in [9.17, 15) is 4.79 Å². The van der Waals surface area contributed by atoms with Crippen LogP contribution in [0.1, 0.15) is 34.5 Å². The molecule has 0 saturated carbocycles. The second kappa shape index (κ2) is 12.4. The van der Waals surface area contributed by atoms with Crippen LogP contribution in [-0.4, -0.2) is 28.8 Å². The van der Waals surface area contributed by atoms with Gasteiger partial charge < -0.3 is 10.6 Å². The van der Waals surface area contributed by atoms with Crippen molar-refractivity contribution < 1.29 is 4.79 Å². The Balaban J connectivity index is 1.44. The average Bonchev–Trinajstić information content (AvgIpc) is 3.21.